The van der Waals surface area contributed by atoms with Crippen LogP contribution < -0.4 is 10.5 Å². The molecular weight excluding hydrogens is 192 g/mol. The van der Waals surface area contributed by atoms with Crippen LogP contribution in [-0.4, -0.2) is 16.2 Å². The van der Waals surface area contributed by atoms with Crippen LogP contribution in [0.25, 0.3) is 0 Å². The molecule has 0 amide bonds. The minimum atomic E-state index is -1.57. The first-order valence-electron chi connectivity index (χ1n) is 3.45. The van der Waals surface area contributed by atoms with Crippen molar-refractivity contribution in [3.63, 3.8) is 0 Å². The van der Waals surface area contributed by atoms with E-state index in [2.05, 4.69) is 4.74 Å². The van der Waals surface area contributed by atoms with Gasteiger partial charge in [0.2, 0.25) is 0 Å². The van der Waals surface area contributed by atoms with Crippen LogP contribution in [0.15, 0.2) is 18.2 Å². The average molecular weight is 198 g/mol. The summed E-state index contributed by atoms with van der Waals surface area (Å²) in [6.45, 7) is 0. The van der Waals surface area contributed by atoms with E-state index >= 15 is 0 Å². The van der Waals surface area contributed by atoms with Crippen molar-refractivity contribution in [1.29, 1.82) is 0 Å². The van der Waals surface area contributed by atoms with Gasteiger partial charge in [-0.25, -0.2) is 4.79 Å². The number of hydrogen-bond donors (Lipinski definition) is 2. The first-order valence-corrected chi connectivity index (χ1v) is 3.45. The van der Waals surface area contributed by atoms with Crippen molar-refractivity contribution < 1.29 is 19.6 Å². The number of nitro groups is 1. The summed E-state index contributed by atoms with van der Waals surface area (Å²) in [5.74, 6) is -0.244. The zero-order valence-electron chi connectivity index (χ0n) is 6.84. The van der Waals surface area contributed by atoms with Crippen molar-refractivity contribution in [3.8, 4) is 5.75 Å². The molecule has 1 rings (SSSR count). The zero-order valence-corrected chi connectivity index (χ0v) is 6.84. The zero-order chi connectivity index (χ0) is 10.7. The molecule has 7 heteroatoms. The lowest BCUT2D eigenvalue weighted by atomic mass is 10.2. The molecule has 74 valence electrons. The van der Waals surface area contributed by atoms with Crippen LogP contribution >= 0.6 is 0 Å². The van der Waals surface area contributed by atoms with Crippen LogP contribution in [0, 0.1) is 10.1 Å². The molecule has 0 aliphatic carbocycles. The van der Waals surface area contributed by atoms with E-state index in [4.69, 9.17) is 10.8 Å². The van der Waals surface area contributed by atoms with Gasteiger partial charge in [0.1, 0.15) is 0 Å². The number of anilines is 1. The second kappa shape index (κ2) is 3.60. The third-order valence-corrected chi connectivity index (χ3v) is 1.41. The minimum Gasteiger partial charge on any atom is -0.449 e. The molecule has 0 heterocycles. The highest BCUT2D eigenvalue weighted by atomic mass is 16.7. The summed E-state index contributed by atoms with van der Waals surface area (Å²) >= 11 is 0. The maximum atomic E-state index is 10.3. The summed E-state index contributed by atoms with van der Waals surface area (Å²) < 4.78 is 4.22. The molecule has 14 heavy (non-hydrogen) atoms. The lowest BCUT2D eigenvalue weighted by molar-refractivity contribution is -0.384. The summed E-state index contributed by atoms with van der Waals surface area (Å²) in [5.41, 5.74) is 5.07. The number of ether oxygens (including phenoxy) is 1. The van der Waals surface area contributed by atoms with E-state index in [1.54, 1.807) is 0 Å². The van der Waals surface area contributed by atoms with Gasteiger partial charge in [-0.15, -0.1) is 0 Å². The van der Waals surface area contributed by atoms with Gasteiger partial charge in [-0.1, -0.05) is 0 Å². The summed E-state index contributed by atoms with van der Waals surface area (Å²) in [5, 5.41) is 18.6. The smallest absolute Gasteiger partial charge is 0.449 e. The molecule has 0 bridgehead atoms. The van der Waals surface area contributed by atoms with Gasteiger partial charge >= 0.3 is 6.16 Å². The number of nitrogen functional groups attached to an aromatic ring is 1. The Morgan fingerprint density at radius 2 is 2.21 bits per heavy atom. The van der Waals surface area contributed by atoms with Gasteiger partial charge in [0.25, 0.3) is 5.69 Å². The number of nitro benzene ring substituents is 1. The summed E-state index contributed by atoms with van der Waals surface area (Å²) in [4.78, 5) is 19.8. The van der Waals surface area contributed by atoms with Gasteiger partial charge in [0, 0.05) is 6.07 Å². The van der Waals surface area contributed by atoms with Gasteiger partial charge in [-0.05, 0) is 6.07 Å². The molecule has 0 fully saturated rings. The Balaban J connectivity index is 3.08. The standard InChI is InChI=1S/C7H6N2O5/c8-5-2-1-4(9(12)13)3-6(5)14-7(10)11/h1-3H,8H2,(H,10,11). The largest absolute Gasteiger partial charge is 0.511 e. The van der Waals surface area contributed by atoms with Crippen molar-refractivity contribution in [2.24, 2.45) is 0 Å². The van der Waals surface area contributed by atoms with Crippen molar-refractivity contribution in [2.45, 2.75) is 0 Å². The van der Waals surface area contributed by atoms with Gasteiger partial charge in [0.05, 0.1) is 16.7 Å². The van der Waals surface area contributed by atoms with E-state index in [-0.39, 0.29) is 17.1 Å². The molecule has 7 nitrogen and oxygen atoms in total. The number of nitrogens with zero attached hydrogens (tertiary/aromatic N) is 1. The normalized spacial score (nSPS) is 9.43. The lowest BCUT2D eigenvalue weighted by Gasteiger charge is -2.02. The van der Waals surface area contributed by atoms with Gasteiger partial charge < -0.3 is 15.6 Å². The number of non-ortho nitro benzene ring substituents is 1. The predicted molar refractivity (Wildman–Crippen MR) is 46.2 cm³/mol. The fraction of sp³-hybridized carbons (Fsp3) is 0. The molecule has 0 radical (unpaired) electrons. The fourth-order valence-electron chi connectivity index (χ4n) is 0.819. The van der Waals surface area contributed by atoms with Crippen LogP contribution in [0.3, 0.4) is 0 Å². The second-order valence-corrected chi connectivity index (χ2v) is 2.35. The molecular formula is C7H6N2O5. The molecule has 0 spiro atoms. The fourth-order valence-corrected chi connectivity index (χ4v) is 0.819. The Morgan fingerprint density at radius 3 is 2.71 bits per heavy atom. The molecule has 1 aromatic rings. The Hall–Kier alpha value is -2.31. The number of nitrogens with two attached hydrogens (primary N) is 1. The van der Waals surface area contributed by atoms with Gasteiger partial charge in [0.15, 0.2) is 5.75 Å². The Morgan fingerprint density at radius 1 is 1.57 bits per heavy atom. The average Bonchev–Trinajstić information content (AvgIpc) is 2.07. The number of benzene rings is 1. The monoisotopic (exact) mass is 198 g/mol. The quantitative estimate of drug-likeness (QED) is 0.243. The van der Waals surface area contributed by atoms with Crippen LogP contribution in [0.5, 0.6) is 5.75 Å². The van der Waals surface area contributed by atoms with Crippen molar-refractivity contribution >= 4 is 17.5 Å². The van der Waals surface area contributed by atoms with Crippen LogP contribution in [0.1, 0.15) is 0 Å². The molecule has 0 unspecified atom stereocenters. The highest BCUT2D eigenvalue weighted by molar-refractivity contribution is 5.67. The molecule has 0 saturated heterocycles. The third kappa shape index (κ3) is 2.09. The molecule has 3 N–H and O–H groups in total. The third-order valence-electron chi connectivity index (χ3n) is 1.41. The molecule has 0 aromatic heterocycles. The van der Waals surface area contributed by atoms with Crippen molar-refractivity contribution in [3.05, 3.63) is 28.3 Å². The lowest BCUT2D eigenvalue weighted by Crippen LogP contribution is -2.05. The Bertz CT molecular complexity index is 390. The van der Waals surface area contributed by atoms with E-state index < -0.39 is 11.1 Å². The van der Waals surface area contributed by atoms with E-state index in [1.165, 1.54) is 6.07 Å². The van der Waals surface area contributed by atoms with Gasteiger partial charge in [-0.2, -0.15) is 0 Å². The summed E-state index contributed by atoms with van der Waals surface area (Å²) in [6.07, 6.45) is -1.57. The molecule has 0 saturated carbocycles. The number of carbonyl (C=O) groups is 1. The Kier molecular flexibility index (Phi) is 2.52. The van der Waals surface area contributed by atoms with Gasteiger partial charge in [-0.3, -0.25) is 10.1 Å². The first kappa shape index (κ1) is 9.78. The Labute approximate surface area is 77.9 Å². The maximum absolute atomic E-state index is 10.3. The molecule has 0 aliphatic rings. The SMILES string of the molecule is Nc1ccc([N+](=O)[O-])cc1OC(=O)O. The highest BCUT2D eigenvalue weighted by Crippen LogP contribution is 2.26. The highest BCUT2D eigenvalue weighted by Gasteiger charge is 2.12. The summed E-state index contributed by atoms with van der Waals surface area (Å²) in [6, 6.07) is 3.31. The van der Waals surface area contributed by atoms with E-state index in [9.17, 15) is 14.9 Å². The van der Waals surface area contributed by atoms with E-state index in [0.717, 1.165) is 12.1 Å². The van der Waals surface area contributed by atoms with Crippen LogP contribution in [0.4, 0.5) is 16.2 Å². The topological polar surface area (TPSA) is 116 Å². The predicted octanol–water partition coefficient (Wildman–Crippen LogP) is 1.23. The van der Waals surface area contributed by atoms with Crippen molar-refractivity contribution in [2.75, 3.05) is 5.73 Å². The van der Waals surface area contributed by atoms with Crippen molar-refractivity contribution in [1.82, 2.24) is 0 Å². The first-order chi connectivity index (χ1) is 6.50. The van der Waals surface area contributed by atoms with Crippen LogP contribution in [0.2, 0.25) is 0 Å². The maximum Gasteiger partial charge on any atom is 0.511 e. The van der Waals surface area contributed by atoms with E-state index in [1.807, 2.05) is 0 Å². The molecule has 1 aromatic carbocycles. The van der Waals surface area contributed by atoms with Crippen LogP contribution in [-0.2, 0) is 0 Å². The number of carboxylic acid groups (broad SMARTS) is 1. The molecule has 0 aliphatic heterocycles. The summed E-state index contributed by atoms with van der Waals surface area (Å²) in [7, 11) is 0. The number of rotatable bonds is 2. The minimum absolute atomic E-state index is 0.0259. The number of hydrogen-bond acceptors (Lipinski definition) is 5. The molecule has 0 atom stereocenters. The van der Waals surface area contributed by atoms with E-state index in [0.29, 0.717) is 0 Å². The second-order valence-electron chi connectivity index (χ2n) is 2.35.